The summed E-state index contributed by atoms with van der Waals surface area (Å²) in [6, 6.07) is 9.01. The second kappa shape index (κ2) is 5.75. The summed E-state index contributed by atoms with van der Waals surface area (Å²) in [5.74, 6) is -0.196. The van der Waals surface area contributed by atoms with Crippen LogP contribution in [0.25, 0.3) is 0 Å². The van der Waals surface area contributed by atoms with Crippen LogP contribution in [0.3, 0.4) is 0 Å². The molecule has 94 valence electrons. The van der Waals surface area contributed by atoms with Crippen LogP contribution in [0, 0.1) is 6.92 Å². The number of rotatable bonds is 4. The van der Waals surface area contributed by atoms with Crippen LogP contribution in [0.1, 0.15) is 27.0 Å². The number of benzene rings is 1. The molecule has 1 aromatic carbocycles. The van der Waals surface area contributed by atoms with Gasteiger partial charge in [0.1, 0.15) is 4.88 Å². The van der Waals surface area contributed by atoms with Gasteiger partial charge in [-0.1, -0.05) is 30.3 Å². The highest BCUT2D eigenvalue weighted by atomic mass is 32.1. The van der Waals surface area contributed by atoms with Gasteiger partial charge in [0, 0.05) is 0 Å². The van der Waals surface area contributed by atoms with Crippen LogP contribution in [0.15, 0.2) is 35.8 Å². The summed E-state index contributed by atoms with van der Waals surface area (Å²) < 4.78 is 0. The standard InChI is InChI=1S/C13H14N2O2S/c1-9-12(18-8-14-9)13(17)15-11(7-16)10-5-3-2-4-6-10/h2-6,8,11,16H,7H2,1H3,(H,15,17)/t11-/m0/s1. The van der Waals surface area contributed by atoms with Crippen LogP contribution >= 0.6 is 11.3 Å². The molecule has 0 aliphatic carbocycles. The summed E-state index contributed by atoms with van der Waals surface area (Å²) in [5, 5.41) is 12.2. The Morgan fingerprint density at radius 2 is 2.17 bits per heavy atom. The number of aliphatic hydroxyl groups is 1. The lowest BCUT2D eigenvalue weighted by Gasteiger charge is -2.16. The van der Waals surface area contributed by atoms with E-state index in [0.29, 0.717) is 10.6 Å². The quantitative estimate of drug-likeness (QED) is 0.884. The van der Waals surface area contributed by atoms with Crippen molar-refractivity contribution in [3.05, 3.63) is 52.0 Å². The molecule has 2 aromatic rings. The van der Waals surface area contributed by atoms with Gasteiger partial charge in [-0.25, -0.2) is 4.98 Å². The molecule has 0 spiro atoms. The van der Waals surface area contributed by atoms with E-state index >= 15 is 0 Å². The van der Waals surface area contributed by atoms with Crippen molar-refractivity contribution in [2.45, 2.75) is 13.0 Å². The van der Waals surface area contributed by atoms with Crippen molar-refractivity contribution < 1.29 is 9.90 Å². The van der Waals surface area contributed by atoms with Gasteiger partial charge in [0.25, 0.3) is 5.91 Å². The molecule has 0 saturated carbocycles. The Morgan fingerprint density at radius 3 is 2.72 bits per heavy atom. The maximum Gasteiger partial charge on any atom is 0.263 e. The molecule has 0 saturated heterocycles. The fourth-order valence-electron chi connectivity index (χ4n) is 1.66. The summed E-state index contributed by atoms with van der Waals surface area (Å²) in [6.07, 6.45) is 0. The van der Waals surface area contributed by atoms with E-state index in [-0.39, 0.29) is 18.6 Å². The molecule has 5 heteroatoms. The predicted octanol–water partition coefficient (Wildman–Crippen LogP) is 1.91. The number of carbonyl (C=O) groups is 1. The SMILES string of the molecule is Cc1ncsc1C(=O)N[C@@H](CO)c1ccccc1. The van der Waals surface area contributed by atoms with Crippen molar-refractivity contribution in [2.24, 2.45) is 0 Å². The fraction of sp³-hybridized carbons (Fsp3) is 0.231. The van der Waals surface area contributed by atoms with Crippen molar-refractivity contribution in [1.82, 2.24) is 10.3 Å². The van der Waals surface area contributed by atoms with Gasteiger partial charge in [0.2, 0.25) is 0 Å². The van der Waals surface area contributed by atoms with Crippen LogP contribution in [0.4, 0.5) is 0 Å². The summed E-state index contributed by atoms with van der Waals surface area (Å²) in [6.45, 7) is 1.66. The number of nitrogens with zero attached hydrogens (tertiary/aromatic N) is 1. The van der Waals surface area contributed by atoms with Crippen molar-refractivity contribution in [2.75, 3.05) is 6.61 Å². The van der Waals surface area contributed by atoms with Crippen molar-refractivity contribution in [3.8, 4) is 0 Å². The number of hydrogen-bond acceptors (Lipinski definition) is 4. The number of aliphatic hydroxyl groups excluding tert-OH is 1. The number of thiazole rings is 1. The largest absolute Gasteiger partial charge is 0.394 e. The first kappa shape index (κ1) is 12.7. The van der Waals surface area contributed by atoms with Gasteiger partial charge < -0.3 is 10.4 Å². The average Bonchev–Trinajstić information content (AvgIpc) is 2.83. The minimum Gasteiger partial charge on any atom is -0.394 e. The first-order valence-electron chi connectivity index (χ1n) is 5.59. The maximum absolute atomic E-state index is 12.0. The number of nitrogens with one attached hydrogen (secondary N) is 1. The van der Waals surface area contributed by atoms with E-state index in [1.807, 2.05) is 30.3 Å². The zero-order valence-corrected chi connectivity index (χ0v) is 10.8. The third-order valence-corrected chi connectivity index (χ3v) is 3.57. The molecule has 1 amide bonds. The molecule has 0 unspecified atom stereocenters. The Hall–Kier alpha value is -1.72. The molecule has 1 atom stereocenters. The minimum absolute atomic E-state index is 0.131. The van der Waals surface area contributed by atoms with Gasteiger partial charge in [0.15, 0.2) is 0 Å². The highest BCUT2D eigenvalue weighted by molar-refractivity contribution is 7.11. The number of hydrogen-bond donors (Lipinski definition) is 2. The normalized spacial score (nSPS) is 12.1. The monoisotopic (exact) mass is 262 g/mol. The van der Waals surface area contributed by atoms with Crippen molar-refractivity contribution in [3.63, 3.8) is 0 Å². The summed E-state index contributed by atoms with van der Waals surface area (Å²) >= 11 is 1.30. The highest BCUT2D eigenvalue weighted by Gasteiger charge is 2.17. The number of carbonyl (C=O) groups excluding carboxylic acids is 1. The second-order valence-corrected chi connectivity index (χ2v) is 4.74. The highest BCUT2D eigenvalue weighted by Crippen LogP contribution is 2.16. The molecule has 0 aliphatic heterocycles. The van der Waals surface area contributed by atoms with E-state index in [9.17, 15) is 9.90 Å². The molecule has 0 bridgehead atoms. The topological polar surface area (TPSA) is 62.2 Å². The Labute approximate surface area is 109 Å². The lowest BCUT2D eigenvalue weighted by molar-refractivity contribution is 0.0919. The third-order valence-electron chi connectivity index (χ3n) is 2.64. The molecule has 2 N–H and O–H groups in total. The van der Waals surface area contributed by atoms with Gasteiger partial charge in [-0.15, -0.1) is 11.3 Å². The molecule has 2 rings (SSSR count). The van der Waals surface area contributed by atoms with Gasteiger partial charge in [-0.3, -0.25) is 4.79 Å². The van der Waals surface area contributed by atoms with E-state index < -0.39 is 0 Å². The number of amides is 1. The van der Waals surface area contributed by atoms with Crippen molar-refractivity contribution >= 4 is 17.2 Å². The maximum atomic E-state index is 12.0. The minimum atomic E-state index is -0.389. The van der Waals surface area contributed by atoms with E-state index in [0.717, 1.165) is 5.56 Å². The Kier molecular flexibility index (Phi) is 4.07. The van der Waals surface area contributed by atoms with Crippen LogP contribution in [0.5, 0.6) is 0 Å². The lowest BCUT2D eigenvalue weighted by atomic mass is 10.1. The van der Waals surface area contributed by atoms with E-state index in [2.05, 4.69) is 10.3 Å². The van der Waals surface area contributed by atoms with Crippen LogP contribution < -0.4 is 5.32 Å². The molecule has 0 fully saturated rings. The molecule has 1 aromatic heterocycles. The molecule has 1 heterocycles. The third kappa shape index (κ3) is 2.75. The van der Waals surface area contributed by atoms with Gasteiger partial charge in [-0.2, -0.15) is 0 Å². The first-order chi connectivity index (χ1) is 8.72. The Bertz CT molecular complexity index is 525. The van der Waals surface area contributed by atoms with Gasteiger partial charge in [-0.05, 0) is 12.5 Å². The van der Waals surface area contributed by atoms with Gasteiger partial charge in [0.05, 0.1) is 23.9 Å². The number of aromatic nitrogens is 1. The zero-order valence-electron chi connectivity index (χ0n) is 9.96. The summed E-state index contributed by atoms with van der Waals surface area (Å²) in [7, 11) is 0. The summed E-state index contributed by atoms with van der Waals surface area (Å²) in [5.41, 5.74) is 3.23. The Morgan fingerprint density at radius 1 is 1.44 bits per heavy atom. The number of aryl methyl sites for hydroxylation is 1. The van der Waals surface area contributed by atoms with Crippen LogP contribution in [-0.2, 0) is 0 Å². The molecule has 18 heavy (non-hydrogen) atoms. The van der Waals surface area contributed by atoms with E-state index in [1.165, 1.54) is 11.3 Å². The van der Waals surface area contributed by atoms with Gasteiger partial charge >= 0.3 is 0 Å². The summed E-state index contributed by atoms with van der Waals surface area (Å²) in [4.78, 5) is 16.6. The lowest BCUT2D eigenvalue weighted by Crippen LogP contribution is -2.30. The first-order valence-corrected chi connectivity index (χ1v) is 6.47. The predicted molar refractivity (Wildman–Crippen MR) is 70.6 cm³/mol. The van der Waals surface area contributed by atoms with Crippen molar-refractivity contribution in [1.29, 1.82) is 0 Å². The fourth-order valence-corrected chi connectivity index (χ4v) is 2.37. The molecule has 4 nitrogen and oxygen atoms in total. The molecular weight excluding hydrogens is 248 g/mol. The van der Waals surface area contributed by atoms with Crippen LogP contribution in [0.2, 0.25) is 0 Å². The van der Waals surface area contributed by atoms with Crippen LogP contribution in [-0.4, -0.2) is 22.6 Å². The van der Waals surface area contributed by atoms with E-state index in [4.69, 9.17) is 0 Å². The second-order valence-electron chi connectivity index (χ2n) is 3.89. The molecule has 0 radical (unpaired) electrons. The average molecular weight is 262 g/mol. The van der Waals surface area contributed by atoms with E-state index in [1.54, 1.807) is 12.4 Å². The zero-order chi connectivity index (χ0) is 13.0. The molecular formula is C13H14N2O2S. The Balaban J connectivity index is 2.13. The smallest absolute Gasteiger partial charge is 0.263 e. The molecule has 0 aliphatic rings.